The molecule has 0 spiro atoms. The van der Waals surface area contributed by atoms with Gasteiger partial charge in [-0.25, -0.2) is 12.8 Å². The van der Waals surface area contributed by atoms with E-state index >= 15 is 0 Å². The molecule has 0 aromatic heterocycles. The van der Waals surface area contributed by atoms with Crippen LogP contribution >= 0.6 is 11.6 Å². The van der Waals surface area contributed by atoms with Crippen LogP contribution in [0, 0.1) is 5.82 Å². The second-order valence-corrected chi connectivity index (χ2v) is 8.45. The average Bonchev–Trinajstić information content (AvgIpc) is 2.60. The van der Waals surface area contributed by atoms with Crippen molar-refractivity contribution in [3.63, 3.8) is 0 Å². The number of nitrogens with one attached hydrogen (secondary N) is 1. The molecule has 0 aliphatic carbocycles. The maximum atomic E-state index is 13.6. The first-order valence-corrected chi connectivity index (χ1v) is 10.2. The van der Waals surface area contributed by atoms with Gasteiger partial charge >= 0.3 is 0 Å². The molecule has 0 unspecified atom stereocenters. The smallest absolute Gasteiger partial charge is 0.253 e. The highest BCUT2D eigenvalue weighted by Gasteiger charge is 2.26. The molecule has 1 saturated heterocycles. The minimum absolute atomic E-state index is 0.0318. The van der Waals surface area contributed by atoms with Crippen LogP contribution < -0.4 is 9.62 Å². The first-order chi connectivity index (χ1) is 12.4. The number of hydrogen-bond donors (Lipinski definition) is 1. The fraction of sp³-hybridized carbons (Fsp3) is 0.278. The minimum Gasteiger partial charge on any atom is -0.348 e. The lowest BCUT2D eigenvalue weighted by molar-refractivity contribution is 0.0951. The number of amides is 1. The number of carbonyl (C=O) groups excluding carboxylic acids is 1. The Hall–Kier alpha value is -2.12. The van der Waals surface area contributed by atoms with Gasteiger partial charge in [-0.2, -0.15) is 0 Å². The maximum Gasteiger partial charge on any atom is 0.253 e. The Morgan fingerprint density at radius 2 is 1.96 bits per heavy atom. The first kappa shape index (κ1) is 18.7. The molecule has 2 aromatic carbocycles. The zero-order chi connectivity index (χ0) is 18.7. The summed E-state index contributed by atoms with van der Waals surface area (Å²) in [6.07, 6.45) is 1.42. The molecule has 1 N–H and O–H groups in total. The van der Waals surface area contributed by atoms with Gasteiger partial charge in [0.05, 0.1) is 22.0 Å². The second-order valence-electron chi connectivity index (χ2n) is 6.03. The van der Waals surface area contributed by atoms with Crippen LogP contribution in [0.4, 0.5) is 10.1 Å². The summed E-state index contributed by atoms with van der Waals surface area (Å²) >= 11 is 6.19. The summed E-state index contributed by atoms with van der Waals surface area (Å²) < 4.78 is 39.3. The number of rotatable bonds is 4. The van der Waals surface area contributed by atoms with Gasteiger partial charge in [0, 0.05) is 18.7 Å². The van der Waals surface area contributed by atoms with E-state index in [-0.39, 0.29) is 22.9 Å². The van der Waals surface area contributed by atoms with Crippen molar-refractivity contribution in [2.24, 2.45) is 0 Å². The molecular weight excluding hydrogens is 379 g/mol. The molecule has 3 rings (SSSR count). The highest BCUT2D eigenvalue weighted by Crippen LogP contribution is 2.28. The molecule has 0 atom stereocenters. The zero-order valence-corrected chi connectivity index (χ0v) is 15.5. The van der Waals surface area contributed by atoms with E-state index < -0.39 is 21.7 Å². The normalized spacial score (nSPS) is 16.3. The third-order valence-electron chi connectivity index (χ3n) is 4.23. The van der Waals surface area contributed by atoms with Crippen LogP contribution in [0.3, 0.4) is 0 Å². The summed E-state index contributed by atoms with van der Waals surface area (Å²) in [7, 11) is -3.35. The largest absolute Gasteiger partial charge is 0.348 e. The Kier molecular flexibility index (Phi) is 5.48. The molecule has 138 valence electrons. The second kappa shape index (κ2) is 7.63. The van der Waals surface area contributed by atoms with Crippen LogP contribution in [0.5, 0.6) is 0 Å². The molecule has 2 aromatic rings. The lowest BCUT2D eigenvalue weighted by Gasteiger charge is -2.28. The standard InChI is InChI=1S/C18H18ClFN2O3S/c19-16-11-14(22-9-3-4-10-26(22,24)25)7-8-15(16)18(23)21-12-13-5-1-2-6-17(13)20/h1-2,5-8,11H,3-4,9-10,12H2,(H,21,23). The average molecular weight is 397 g/mol. The van der Waals surface area contributed by atoms with Gasteiger partial charge in [0.2, 0.25) is 10.0 Å². The fourth-order valence-corrected chi connectivity index (χ4v) is 4.73. The van der Waals surface area contributed by atoms with Crippen molar-refractivity contribution in [3.05, 3.63) is 64.4 Å². The maximum absolute atomic E-state index is 13.6. The van der Waals surface area contributed by atoms with E-state index in [9.17, 15) is 17.6 Å². The summed E-state index contributed by atoms with van der Waals surface area (Å²) in [4.78, 5) is 12.3. The SMILES string of the molecule is O=C(NCc1ccccc1F)c1ccc(N2CCCCS2(=O)=O)cc1Cl. The molecule has 0 bridgehead atoms. The Morgan fingerprint density at radius 1 is 1.19 bits per heavy atom. The summed E-state index contributed by atoms with van der Waals surface area (Å²) in [5, 5.41) is 2.76. The van der Waals surface area contributed by atoms with Gasteiger partial charge in [-0.15, -0.1) is 0 Å². The van der Waals surface area contributed by atoms with E-state index in [1.54, 1.807) is 24.3 Å². The Labute approximate surface area is 156 Å². The molecular formula is C18H18ClFN2O3S. The van der Waals surface area contributed by atoms with Crippen LogP contribution in [-0.2, 0) is 16.6 Å². The molecule has 1 aliphatic heterocycles. The van der Waals surface area contributed by atoms with Gasteiger partial charge in [-0.3, -0.25) is 9.10 Å². The van der Waals surface area contributed by atoms with Gasteiger partial charge in [-0.1, -0.05) is 29.8 Å². The van der Waals surface area contributed by atoms with Gasteiger partial charge in [-0.05, 0) is 37.1 Å². The molecule has 1 aliphatic rings. The molecule has 26 heavy (non-hydrogen) atoms. The van der Waals surface area contributed by atoms with Crippen LogP contribution in [0.1, 0.15) is 28.8 Å². The van der Waals surface area contributed by atoms with Crippen molar-refractivity contribution in [3.8, 4) is 0 Å². The van der Waals surface area contributed by atoms with Crippen molar-refractivity contribution < 1.29 is 17.6 Å². The van der Waals surface area contributed by atoms with Crippen LogP contribution in [-0.4, -0.2) is 26.6 Å². The molecule has 5 nitrogen and oxygen atoms in total. The third-order valence-corrected chi connectivity index (χ3v) is 6.41. The van der Waals surface area contributed by atoms with Crippen molar-refractivity contribution in [1.82, 2.24) is 5.32 Å². The lowest BCUT2D eigenvalue weighted by atomic mass is 10.1. The molecule has 1 fully saturated rings. The lowest BCUT2D eigenvalue weighted by Crippen LogP contribution is -2.37. The molecule has 1 heterocycles. The number of halogens is 2. The fourth-order valence-electron chi connectivity index (χ4n) is 2.83. The topological polar surface area (TPSA) is 66.5 Å². The first-order valence-electron chi connectivity index (χ1n) is 8.20. The molecule has 0 radical (unpaired) electrons. The van der Waals surface area contributed by atoms with Crippen molar-refractivity contribution in [2.75, 3.05) is 16.6 Å². The van der Waals surface area contributed by atoms with Crippen LogP contribution in [0.2, 0.25) is 5.02 Å². The number of carbonyl (C=O) groups is 1. The number of anilines is 1. The number of benzene rings is 2. The van der Waals surface area contributed by atoms with E-state index in [2.05, 4.69) is 5.32 Å². The van der Waals surface area contributed by atoms with Crippen LogP contribution in [0.15, 0.2) is 42.5 Å². The van der Waals surface area contributed by atoms with E-state index in [0.717, 1.165) is 6.42 Å². The van der Waals surface area contributed by atoms with E-state index in [4.69, 9.17) is 11.6 Å². The van der Waals surface area contributed by atoms with Crippen molar-refractivity contribution in [2.45, 2.75) is 19.4 Å². The summed E-state index contributed by atoms with van der Waals surface area (Å²) in [5.74, 6) is -0.744. The summed E-state index contributed by atoms with van der Waals surface area (Å²) in [6.45, 7) is 0.432. The summed E-state index contributed by atoms with van der Waals surface area (Å²) in [5.41, 5.74) is 1.02. The number of hydrogen-bond acceptors (Lipinski definition) is 3. The van der Waals surface area contributed by atoms with Gasteiger partial charge < -0.3 is 5.32 Å². The highest BCUT2D eigenvalue weighted by molar-refractivity contribution is 7.92. The summed E-state index contributed by atoms with van der Waals surface area (Å²) in [6, 6.07) is 10.7. The van der Waals surface area contributed by atoms with E-state index in [1.807, 2.05) is 0 Å². The quantitative estimate of drug-likeness (QED) is 0.861. The van der Waals surface area contributed by atoms with Gasteiger partial charge in [0.25, 0.3) is 5.91 Å². The Bertz CT molecular complexity index is 934. The third kappa shape index (κ3) is 3.99. The van der Waals surface area contributed by atoms with E-state index in [0.29, 0.717) is 24.2 Å². The van der Waals surface area contributed by atoms with E-state index in [1.165, 1.54) is 22.5 Å². The Morgan fingerprint density at radius 3 is 2.65 bits per heavy atom. The van der Waals surface area contributed by atoms with Crippen molar-refractivity contribution in [1.29, 1.82) is 0 Å². The van der Waals surface area contributed by atoms with Crippen LogP contribution in [0.25, 0.3) is 0 Å². The predicted molar refractivity (Wildman–Crippen MR) is 99.4 cm³/mol. The molecule has 1 amide bonds. The molecule has 0 saturated carbocycles. The highest BCUT2D eigenvalue weighted by atomic mass is 35.5. The number of nitrogens with zero attached hydrogens (tertiary/aromatic N) is 1. The predicted octanol–water partition coefficient (Wildman–Crippen LogP) is 3.34. The molecule has 8 heteroatoms. The zero-order valence-electron chi connectivity index (χ0n) is 13.9. The van der Waals surface area contributed by atoms with Crippen molar-refractivity contribution >= 4 is 33.2 Å². The minimum atomic E-state index is -3.35. The van der Waals surface area contributed by atoms with Gasteiger partial charge in [0.15, 0.2) is 0 Å². The number of sulfonamides is 1. The Balaban J connectivity index is 1.75. The van der Waals surface area contributed by atoms with Gasteiger partial charge in [0.1, 0.15) is 5.82 Å². The monoisotopic (exact) mass is 396 g/mol.